The number of hydrogen-bond donors (Lipinski definition) is 1. The first-order valence-corrected chi connectivity index (χ1v) is 7.18. The SMILES string of the molecule is CC(C)NCc1ccc(OCc2cccc(F)c2Cl)cn1. The van der Waals surface area contributed by atoms with Gasteiger partial charge in [-0.3, -0.25) is 4.98 Å². The van der Waals surface area contributed by atoms with Gasteiger partial charge < -0.3 is 10.1 Å². The molecule has 0 atom stereocenters. The van der Waals surface area contributed by atoms with Crippen LogP contribution in [0, 0.1) is 5.82 Å². The van der Waals surface area contributed by atoms with Gasteiger partial charge in [-0.05, 0) is 18.2 Å². The van der Waals surface area contributed by atoms with Crippen LogP contribution in [0.3, 0.4) is 0 Å². The monoisotopic (exact) mass is 308 g/mol. The van der Waals surface area contributed by atoms with Gasteiger partial charge in [0.15, 0.2) is 0 Å². The van der Waals surface area contributed by atoms with Crippen molar-refractivity contribution in [1.82, 2.24) is 10.3 Å². The standard InChI is InChI=1S/C16H18ClFN2O/c1-11(2)19-8-13-6-7-14(9-20-13)21-10-12-4-3-5-15(18)16(12)17/h3-7,9,11,19H,8,10H2,1-2H3. The zero-order valence-electron chi connectivity index (χ0n) is 12.1. The highest BCUT2D eigenvalue weighted by Gasteiger charge is 2.06. The van der Waals surface area contributed by atoms with E-state index < -0.39 is 5.82 Å². The van der Waals surface area contributed by atoms with Gasteiger partial charge >= 0.3 is 0 Å². The van der Waals surface area contributed by atoms with Crippen molar-refractivity contribution in [1.29, 1.82) is 0 Å². The highest BCUT2D eigenvalue weighted by Crippen LogP contribution is 2.21. The maximum Gasteiger partial charge on any atom is 0.142 e. The van der Waals surface area contributed by atoms with Gasteiger partial charge in [-0.25, -0.2) is 4.39 Å². The van der Waals surface area contributed by atoms with Crippen molar-refractivity contribution >= 4 is 11.6 Å². The molecule has 0 fully saturated rings. The van der Waals surface area contributed by atoms with Crippen molar-refractivity contribution in [2.75, 3.05) is 0 Å². The van der Waals surface area contributed by atoms with Gasteiger partial charge in [0.25, 0.3) is 0 Å². The molecule has 0 amide bonds. The Morgan fingerprint density at radius 2 is 2.10 bits per heavy atom. The molecule has 0 bridgehead atoms. The Morgan fingerprint density at radius 1 is 1.29 bits per heavy atom. The number of nitrogens with zero attached hydrogens (tertiary/aromatic N) is 1. The van der Waals surface area contributed by atoms with Gasteiger partial charge in [0.2, 0.25) is 0 Å². The highest BCUT2D eigenvalue weighted by molar-refractivity contribution is 6.31. The van der Waals surface area contributed by atoms with Crippen molar-refractivity contribution in [2.24, 2.45) is 0 Å². The minimum absolute atomic E-state index is 0.100. The largest absolute Gasteiger partial charge is 0.487 e. The molecule has 1 heterocycles. The lowest BCUT2D eigenvalue weighted by Crippen LogP contribution is -2.22. The number of ether oxygens (including phenoxy) is 1. The maximum atomic E-state index is 13.3. The number of pyridine rings is 1. The molecule has 3 nitrogen and oxygen atoms in total. The summed E-state index contributed by atoms with van der Waals surface area (Å²) in [4.78, 5) is 4.31. The molecular weight excluding hydrogens is 291 g/mol. The van der Waals surface area contributed by atoms with E-state index in [0.29, 0.717) is 23.9 Å². The van der Waals surface area contributed by atoms with E-state index in [-0.39, 0.29) is 11.6 Å². The Hall–Kier alpha value is -1.65. The van der Waals surface area contributed by atoms with Crippen LogP contribution in [0.25, 0.3) is 0 Å². The number of benzene rings is 1. The molecular formula is C16H18ClFN2O. The van der Waals surface area contributed by atoms with Gasteiger partial charge in [-0.2, -0.15) is 0 Å². The van der Waals surface area contributed by atoms with E-state index in [2.05, 4.69) is 24.1 Å². The Balaban J connectivity index is 1.93. The minimum atomic E-state index is -0.439. The molecule has 1 aromatic heterocycles. The molecule has 0 saturated carbocycles. The fourth-order valence-corrected chi connectivity index (χ4v) is 1.91. The lowest BCUT2D eigenvalue weighted by atomic mass is 10.2. The summed E-state index contributed by atoms with van der Waals surface area (Å²) in [6.45, 7) is 5.09. The summed E-state index contributed by atoms with van der Waals surface area (Å²) < 4.78 is 18.9. The van der Waals surface area contributed by atoms with Crippen LogP contribution in [-0.4, -0.2) is 11.0 Å². The smallest absolute Gasteiger partial charge is 0.142 e. The predicted molar refractivity (Wildman–Crippen MR) is 82.0 cm³/mol. The zero-order valence-corrected chi connectivity index (χ0v) is 12.8. The third kappa shape index (κ3) is 4.69. The van der Waals surface area contributed by atoms with Crippen LogP contribution < -0.4 is 10.1 Å². The molecule has 21 heavy (non-hydrogen) atoms. The second-order valence-electron chi connectivity index (χ2n) is 5.02. The second-order valence-corrected chi connectivity index (χ2v) is 5.40. The summed E-state index contributed by atoms with van der Waals surface area (Å²) in [5.41, 5.74) is 1.56. The summed E-state index contributed by atoms with van der Waals surface area (Å²) >= 11 is 5.88. The first kappa shape index (κ1) is 15.7. The molecule has 0 aliphatic rings. The van der Waals surface area contributed by atoms with Crippen molar-refractivity contribution in [3.63, 3.8) is 0 Å². The Bertz CT molecular complexity index is 587. The molecule has 2 aromatic rings. The summed E-state index contributed by atoms with van der Waals surface area (Å²) in [5, 5.41) is 3.39. The molecule has 112 valence electrons. The van der Waals surface area contributed by atoms with Crippen LogP contribution in [0.1, 0.15) is 25.1 Å². The van der Waals surface area contributed by atoms with E-state index in [4.69, 9.17) is 16.3 Å². The molecule has 1 aromatic carbocycles. The normalized spacial score (nSPS) is 10.9. The molecule has 0 aliphatic carbocycles. The number of nitrogens with one attached hydrogen (secondary N) is 1. The van der Waals surface area contributed by atoms with Gasteiger partial charge in [-0.1, -0.05) is 37.6 Å². The summed E-state index contributed by atoms with van der Waals surface area (Å²) in [6, 6.07) is 8.83. The van der Waals surface area contributed by atoms with Crippen LogP contribution in [0.2, 0.25) is 5.02 Å². The fraction of sp³-hybridized carbons (Fsp3) is 0.312. The van der Waals surface area contributed by atoms with E-state index in [1.165, 1.54) is 6.07 Å². The van der Waals surface area contributed by atoms with Crippen LogP contribution >= 0.6 is 11.6 Å². The predicted octanol–water partition coefficient (Wildman–Crippen LogP) is 3.95. The van der Waals surface area contributed by atoms with E-state index in [0.717, 1.165) is 5.69 Å². The number of aromatic nitrogens is 1. The van der Waals surface area contributed by atoms with Crippen LogP contribution in [0.4, 0.5) is 4.39 Å². The lowest BCUT2D eigenvalue weighted by Gasteiger charge is -2.10. The molecule has 0 unspecified atom stereocenters. The molecule has 5 heteroatoms. The number of halogens is 2. The highest BCUT2D eigenvalue weighted by atomic mass is 35.5. The minimum Gasteiger partial charge on any atom is -0.487 e. The average Bonchev–Trinajstić information content (AvgIpc) is 2.48. The van der Waals surface area contributed by atoms with Gasteiger partial charge in [0, 0.05) is 18.2 Å². The van der Waals surface area contributed by atoms with E-state index in [1.54, 1.807) is 18.3 Å². The molecule has 2 rings (SSSR count). The summed E-state index contributed by atoms with van der Waals surface area (Å²) in [7, 11) is 0. The maximum absolute atomic E-state index is 13.3. The number of hydrogen-bond acceptors (Lipinski definition) is 3. The van der Waals surface area contributed by atoms with E-state index >= 15 is 0 Å². The quantitative estimate of drug-likeness (QED) is 0.877. The first-order valence-electron chi connectivity index (χ1n) is 6.80. The Labute approximate surface area is 129 Å². The zero-order chi connectivity index (χ0) is 15.2. The Kier molecular flexibility index (Phi) is 5.53. The van der Waals surface area contributed by atoms with Crippen LogP contribution in [0.5, 0.6) is 5.75 Å². The van der Waals surface area contributed by atoms with Crippen molar-refractivity contribution in [3.05, 3.63) is 58.6 Å². The van der Waals surface area contributed by atoms with Crippen molar-refractivity contribution < 1.29 is 9.13 Å². The van der Waals surface area contributed by atoms with Crippen molar-refractivity contribution in [3.8, 4) is 5.75 Å². The molecule has 1 N–H and O–H groups in total. The number of rotatable bonds is 6. The third-order valence-corrected chi connectivity index (χ3v) is 3.34. The topological polar surface area (TPSA) is 34.1 Å². The lowest BCUT2D eigenvalue weighted by molar-refractivity contribution is 0.304. The van der Waals surface area contributed by atoms with Gasteiger partial charge in [0.1, 0.15) is 18.2 Å². The molecule has 0 spiro atoms. The summed E-state index contributed by atoms with van der Waals surface area (Å²) in [6.07, 6.45) is 1.66. The fourth-order valence-electron chi connectivity index (χ4n) is 1.73. The molecule has 0 radical (unpaired) electrons. The van der Waals surface area contributed by atoms with E-state index in [1.807, 2.05) is 12.1 Å². The van der Waals surface area contributed by atoms with Crippen molar-refractivity contribution in [2.45, 2.75) is 33.0 Å². The second kappa shape index (κ2) is 7.38. The van der Waals surface area contributed by atoms with Gasteiger partial charge in [-0.15, -0.1) is 0 Å². The third-order valence-electron chi connectivity index (χ3n) is 2.91. The van der Waals surface area contributed by atoms with Crippen LogP contribution in [-0.2, 0) is 13.2 Å². The molecule has 0 saturated heterocycles. The average molecular weight is 309 g/mol. The van der Waals surface area contributed by atoms with Crippen LogP contribution in [0.15, 0.2) is 36.5 Å². The van der Waals surface area contributed by atoms with E-state index in [9.17, 15) is 4.39 Å². The first-order chi connectivity index (χ1) is 10.1. The molecule has 0 aliphatic heterocycles. The Morgan fingerprint density at radius 3 is 2.76 bits per heavy atom. The van der Waals surface area contributed by atoms with Gasteiger partial charge in [0.05, 0.1) is 16.9 Å². The summed E-state index contributed by atoms with van der Waals surface area (Å²) in [5.74, 6) is 0.189.